The molecule has 2 aromatic rings. The molecule has 5 nitrogen and oxygen atoms in total. The molecule has 0 aliphatic carbocycles. The van der Waals surface area contributed by atoms with E-state index in [9.17, 15) is 0 Å². The Morgan fingerprint density at radius 2 is 2.22 bits per heavy atom. The van der Waals surface area contributed by atoms with Crippen LogP contribution in [0.1, 0.15) is 30.7 Å². The Hall–Kier alpha value is -1.27. The zero-order chi connectivity index (χ0) is 13.0. The summed E-state index contributed by atoms with van der Waals surface area (Å²) in [6.07, 6.45) is 5.53. The molecule has 0 aromatic carbocycles. The molecule has 2 rings (SSSR count). The van der Waals surface area contributed by atoms with Gasteiger partial charge in [-0.15, -0.1) is 16.4 Å². The maximum Gasteiger partial charge on any atom is 0.0981 e. The number of aromatic nitrogens is 4. The molecule has 2 heterocycles. The largest absolute Gasteiger partial charge is 0.310 e. The van der Waals surface area contributed by atoms with Crippen molar-refractivity contribution in [1.29, 1.82) is 0 Å². The second-order valence-electron chi connectivity index (χ2n) is 5.22. The van der Waals surface area contributed by atoms with E-state index in [-0.39, 0.29) is 5.41 Å². The Labute approximate surface area is 111 Å². The van der Waals surface area contributed by atoms with Crippen LogP contribution in [0.5, 0.6) is 0 Å². The highest BCUT2D eigenvalue weighted by molar-refractivity contribution is 7.11. The molecule has 6 heteroatoms. The van der Waals surface area contributed by atoms with Gasteiger partial charge in [-0.2, -0.15) is 0 Å². The second-order valence-corrected chi connectivity index (χ2v) is 6.34. The van der Waals surface area contributed by atoms with Crippen LogP contribution in [0.25, 0.3) is 0 Å². The average molecular weight is 265 g/mol. The van der Waals surface area contributed by atoms with Crippen LogP contribution >= 0.6 is 11.3 Å². The van der Waals surface area contributed by atoms with E-state index >= 15 is 0 Å². The molecule has 0 radical (unpaired) electrons. The quantitative estimate of drug-likeness (QED) is 0.838. The van der Waals surface area contributed by atoms with Gasteiger partial charge in [0.05, 0.1) is 17.7 Å². The average Bonchev–Trinajstić information content (AvgIpc) is 2.95. The van der Waals surface area contributed by atoms with Gasteiger partial charge in [-0.1, -0.05) is 26.0 Å². The van der Waals surface area contributed by atoms with Crippen LogP contribution in [0.3, 0.4) is 0 Å². The number of nitrogens with one attached hydrogen (secondary N) is 1. The molecule has 0 unspecified atom stereocenters. The molecule has 0 saturated heterocycles. The van der Waals surface area contributed by atoms with E-state index in [4.69, 9.17) is 0 Å². The maximum absolute atomic E-state index is 4.47. The predicted octanol–water partition coefficient (Wildman–Crippen LogP) is 1.82. The van der Waals surface area contributed by atoms with Gasteiger partial charge in [-0.05, 0) is 0 Å². The third-order valence-electron chi connectivity index (χ3n) is 2.48. The van der Waals surface area contributed by atoms with Gasteiger partial charge >= 0.3 is 0 Å². The highest BCUT2D eigenvalue weighted by Crippen LogP contribution is 2.26. The lowest BCUT2D eigenvalue weighted by Crippen LogP contribution is -2.19. The predicted molar refractivity (Wildman–Crippen MR) is 72.5 cm³/mol. The van der Waals surface area contributed by atoms with Crippen molar-refractivity contribution in [3.63, 3.8) is 0 Å². The van der Waals surface area contributed by atoms with Crippen LogP contribution in [-0.2, 0) is 18.5 Å². The van der Waals surface area contributed by atoms with Crippen molar-refractivity contribution in [2.45, 2.75) is 39.3 Å². The number of rotatable bonds is 5. The molecular weight excluding hydrogens is 246 g/mol. The fraction of sp³-hybridized carbons (Fsp3) is 0.583. The third kappa shape index (κ3) is 3.61. The van der Waals surface area contributed by atoms with Crippen molar-refractivity contribution in [3.8, 4) is 0 Å². The zero-order valence-electron chi connectivity index (χ0n) is 11.1. The first-order valence-electron chi connectivity index (χ1n) is 6.06. The summed E-state index contributed by atoms with van der Waals surface area (Å²) in [5.41, 5.74) is 0.143. The lowest BCUT2D eigenvalue weighted by molar-refractivity contribution is 0.541. The van der Waals surface area contributed by atoms with E-state index in [1.807, 2.05) is 17.1 Å². The summed E-state index contributed by atoms with van der Waals surface area (Å²) in [5, 5.41) is 12.3. The van der Waals surface area contributed by atoms with Gasteiger partial charge in [0.15, 0.2) is 0 Å². The van der Waals surface area contributed by atoms with E-state index < -0.39 is 0 Å². The van der Waals surface area contributed by atoms with Gasteiger partial charge in [0, 0.05) is 35.8 Å². The molecule has 2 aromatic heterocycles. The number of hydrogen-bond acceptors (Lipinski definition) is 5. The van der Waals surface area contributed by atoms with Crippen molar-refractivity contribution in [1.82, 2.24) is 25.3 Å². The van der Waals surface area contributed by atoms with Crippen LogP contribution in [0.2, 0.25) is 0 Å². The molecule has 18 heavy (non-hydrogen) atoms. The third-order valence-corrected chi connectivity index (χ3v) is 3.91. The summed E-state index contributed by atoms with van der Waals surface area (Å²) in [6, 6.07) is 0. The fourth-order valence-electron chi connectivity index (χ4n) is 1.49. The first-order valence-corrected chi connectivity index (χ1v) is 6.87. The minimum atomic E-state index is 0.143. The van der Waals surface area contributed by atoms with Gasteiger partial charge in [-0.3, -0.25) is 4.68 Å². The van der Waals surface area contributed by atoms with Crippen molar-refractivity contribution < 1.29 is 0 Å². The summed E-state index contributed by atoms with van der Waals surface area (Å²) in [5.74, 6) is 0. The molecule has 0 aliphatic rings. The Balaban J connectivity index is 1.75. The minimum absolute atomic E-state index is 0.143. The van der Waals surface area contributed by atoms with Crippen LogP contribution in [0, 0.1) is 0 Å². The number of nitrogens with zero attached hydrogens (tertiary/aromatic N) is 4. The molecule has 0 fully saturated rings. The Bertz CT molecular complexity index is 469. The molecule has 0 spiro atoms. The molecule has 0 amide bonds. The van der Waals surface area contributed by atoms with Crippen molar-refractivity contribution in [3.05, 3.63) is 28.5 Å². The second kappa shape index (κ2) is 5.58. The fourth-order valence-corrected chi connectivity index (χ4v) is 2.43. The molecule has 0 aliphatic heterocycles. The Morgan fingerprint density at radius 3 is 2.83 bits per heavy atom. The van der Waals surface area contributed by atoms with Crippen LogP contribution in [-0.4, -0.2) is 26.5 Å². The van der Waals surface area contributed by atoms with Gasteiger partial charge in [-0.25, -0.2) is 4.98 Å². The Morgan fingerprint density at radius 1 is 1.39 bits per heavy atom. The molecule has 98 valence electrons. The van der Waals surface area contributed by atoms with Crippen LogP contribution in [0.4, 0.5) is 0 Å². The standard InChI is InChI=1S/C12H19N5S/c1-12(2,3)11-14-9-10(18-11)8-13-4-6-17-7-5-15-16-17/h5,7,9,13H,4,6,8H2,1-3H3. The van der Waals surface area contributed by atoms with Gasteiger partial charge in [0.2, 0.25) is 0 Å². The minimum Gasteiger partial charge on any atom is -0.310 e. The summed E-state index contributed by atoms with van der Waals surface area (Å²) in [4.78, 5) is 5.74. The van der Waals surface area contributed by atoms with Crippen LogP contribution in [0.15, 0.2) is 18.6 Å². The van der Waals surface area contributed by atoms with E-state index in [0.717, 1.165) is 19.6 Å². The van der Waals surface area contributed by atoms with E-state index in [2.05, 4.69) is 41.4 Å². The van der Waals surface area contributed by atoms with Crippen molar-refractivity contribution in [2.75, 3.05) is 6.54 Å². The molecule has 1 N–H and O–H groups in total. The summed E-state index contributed by atoms with van der Waals surface area (Å²) < 4.78 is 1.82. The molecular formula is C12H19N5S. The Kier molecular flexibility index (Phi) is 4.08. The van der Waals surface area contributed by atoms with E-state index in [1.165, 1.54) is 9.88 Å². The van der Waals surface area contributed by atoms with Crippen molar-refractivity contribution in [2.24, 2.45) is 0 Å². The van der Waals surface area contributed by atoms with Gasteiger partial charge < -0.3 is 5.32 Å². The zero-order valence-corrected chi connectivity index (χ0v) is 11.9. The van der Waals surface area contributed by atoms with E-state index in [0.29, 0.717) is 0 Å². The maximum atomic E-state index is 4.47. The molecule has 0 saturated carbocycles. The summed E-state index contributed by atoms with van der Waals surface area (Å²) in [7, 11) is 0. The number of thiazole rings is 1. The molecule has 0 atom stereocenters. The topological polar surface area (TPSA) is 55.6 Å². The van der Waals surface area contributed by atoms with Gasteiger partial charge in [0.1, 0.15) is 0 Å². The summed E-state index contributed by atoms with van der Waals surface area (Å²) in [6.45, 7) is 9.15. The number of hydrogen-bond donors (Lipinski definition) is 1. The van der Waals surface area contributed by atoms with E-state index in [1.54, 1.807) is 17.5 Å². The highest BCUT2D eigenvalue weighted by Gasteiger charge is 2.17. The van der Waals surface area contributed by atoms with Crippen LogP contribution < -0.4 is 5.32 Å². The smallest absolute Gasteiger partial charge is 0.0981 e. The normalized spacial score (nSPS) is 11.9. The lowest BCUT2D eigenvalue weighted by Gasteiger charge is -2.13. The molecule has 0 bridgehead atoms. The first-order chi connectivity index (χ1) is 8.55. The monoisotopic (exact) mass is 265 g/mol. The first kappa shape index (κ1) is 13.2. The highest BCUT2D eigenvalue weighted by atomic mass is 32.1. The summed E-state index contributed by atoms with van der Waals surface area (Å²) >= 11 is 1.78. The van der Waals surface area contributed by atoms with Gasteiger partial charge in [0.25, 0.3) is 0 Å². The van der Waals surface area contributed by atoms with Crippen molar-refractivity contribution >= 4 is 11.3 Å². The SMILES string of the molecule is CC(C)(C)c1ncc(CNCCn2ccnn2)s1. The lowest BCUT2D eigenvalue weighted by atomic mass is 9.98.